The van der Waals surface area contributed by atoms with Crippen molar-refractivity contribution in [2.24, 2.45) is 17.4 Å². The summed E-state index contributed by atoms with van der Waals surface area (Å²) in [6.45, 7) is 5.01. The molecule has 0 bridgehead atoms. The highest BCUT2D eigenvalue weighted by atomic mass is 16.4. The molecule has 11 heteroatoms. The van der Waals surface area contributed by atoms with Gasteiger partial charge < -0.3 is 32.5 Å². The first-order valence-corrected chi connectivity index (χ1v) is 10.7. The molecule has 182 valence electrons. The van der Waals surface area contributed by atoms with Crippen molar-refractivity contribution in [3.8, 4) is 0 Å². The topological polar surface area (TPSA) is 194 Å². The van der Waals surface area contributed by atoms with E-state index in [9.17, 15) is 29.1 Å². The number of primary amides is 1. The molecule has 1 rings (SSSR count). The Balaban J connectivity index is 3.02. The molecule has 0 fully saturated rings. The highest BCUT2D eigenvalue weighted by Gasteiger charge is 2.32. The van der Waals surface area contributed by atoms with Crippen LogP contribution in [0.25, 0.3) is 0 Å². The highest BCUT2D eigenvalue weighted by molar-refractivity contribution is 5.96. The minimum atomic E-state index is -1.42. The fraction of sp³-hybridized carbons (Fsp3) is 0.500. The lowest BCUT2D eigenvalue weighted by Crippen LogP contribution is -2.59. The van der Waals surface area contributed by atoms with Gasteiger partial charge in [-0.15, -0.1) is 0 Å². The fourth-order valence-electron chi connectivity index (χ4n) is 2.98. The van der Waals surface area contributed by atoms with Gasteiger partial charge in [-0.05, 0) is 18.4 Å². The van der Waals surface area contributed by atoms with Crippen LogP contribution < -0.4 is 27.4 Å². The number of nitrogens with one attached hydrogen (secondary N) is 3. The Bertz CT molecular complexity index is 845. The molecule has 0 aromatic heterocycles. The van der Waals surface area contributed by atoms with Crippen molar-refractivity contribution >= 4 is 29.6 Å². The van der Waals surface area contributed by atoms with Crippen LogP contribution in [-0.4, -0.2) is 58.9 Å². The van der Waals surface area contributed by atoms with E-state index >= 15 is 0 Å². The molecule has 1 aromatic carbocycles. The lowest BCUT2D eigenvalue weighted by atomic mass is 9.97. The van der Waals surface area contributed by atoms with Crippen molar-refractivity contribution < 1.29 is 29.1 Å². The average Bonchev–Trinajstić information content (AvgIpc) is 2.75. The largest absolute Gasteiger partial charge is 0.480 e. The number of rotatable bonds is 13. The van der Waals surface area contributed by atoms with Gasteiger partial charge in [0.1, 0.15) is 18.1 Å². The summed E-state index contributed by atoms with van der Waals surface area (Å²) in [7, 11) is 0. The van der Waals surface area contributed by atoms with Crippen LogP contribution in [0.5, 0.6) is 0 Å². The smallest absolute Gasteiger partial charge is 0.326 e. The third-order valence-electron chi connectivity index (χ3n) is 5.14. The molecule has 0 aliphatic rings. The quantitative estimate of drug-likeness (QED) is 0.217. The summed E-state index contributed by atoms with van der Waals surface area (Å²) in [5, 5.41) is 16.8. The van der Waals surface area contributed by atoms with Crippen molar-refractivity contribution in [1.29, 1.82) is 0 Å². The van der Waals surface area contributed by atoms with E-state index in [-0.39, 0.29) is 12.3 Å². The van der Waals surface area contributed by atoms with Crippen molar-refractivity contribution in [3.05, 3.63) is 35.9 Å². The fourth-order valence-corrected chi connectivity index (χ4v) is 2.98. The first kappa shape index (κ1) is 27.6. The predicted octanol–water partition coefficient (Wildman–Crippen LogP) is -0.963. The number of hydrogen-bond acceptors (Lipinski definition) is 6. The molecular weight excluding hydrogens is 430 g/mol. The first-order chi connectivity index (χ1) is 15.5. The molecule has 0 heterocycles. The molecule has 5 unspecified atom stereocenters. The molecule has 0 saturated carbocycles. The average molecular weight is 464 g/mol. The zero-order valence-corrected chi connectivity index (χ0v) is 19.0. The summed E-state index contributed by atoms with van der Waals surface area (Å²) in [4.78, 5) is 60.9. The number of carboxylic acid groups (broad SMARTS) is 1. The van der Waals surface area contributed by atoms with E-state index < -0.39 is 60.2 Å². The number of carbonyl (C=O) groups is 5. The Morgan fingerprint density at radius 1 is 0.909 bits per heavy atom. The minimum absolute atomic E-state index is 0.000902. The van der Waals surface area contributed by atoms with Gasteiger partial charge in [-0.2, -0.15) is 0 Å². The Morgan fingerprint density at radius 2 is 1.48 bits per heavy atom. The Labute approximate surface area is 192 Å². The summed E-state index contributed by atoms with van der Waals surface area (Å²) in [5.74, 6) is -4.61. The molecule has 0 aliphatic carbocycles. The molecule has 4 amide bonds. The van der Waals surface area contributed by atoms with Crippen LogP contribution in [-0.2, 0) is 30.4 Å². The standard InChI is InChI=1S/C22H33N5O6/c1-4-12(2)18(27-19(29)13(3)23)21(31)25-15(11-17(24)28)20(30)26-16(22(32)33)10-14-8-6-5-7-9-14/h5-9,12-13,15-16,18H,4,10-11,23H2,1-3H3,(H2,24,28)(H,25,31)(H,26,30)(H,27,29)(H,32,33). The van der Waals surface area contributed by atoms with E-state index in [4.69, 9.17) is 11.5 Å². The van der Waals surface area contributed by atoms with E-state index in [1.807, 2.05) is 6.92 Å². The summed E-state index contributed by atoms with van der Waals surface area (Å²) >= 11 is 0. The minimum Gasteiger partial charge on any atom is -0.480 e. The van der Waals surface area contributed by atoms with Gasteiger partial charge in [-0.3, -0.25) is 19.2 Å². The maximum absolute atomic E-state index is 12.9. The van der Waals surface area contributed by atoms with Crippen LogP contribution in [0.15, 0.2) is 30.3 Å². The molecule has 0 saturated heterocycles. The summed E-state index contributed by atoms with van der Waals surface area (Å²) in [6, 6.07) is 4.07. The summed E-state index contributed by atoms with van der Waals surface area (Å²) in [5.41, 5.74) is 11.5. The van der Waals surface area contributed by atoms with Crippen LogP contribution in [0.1, 0.15) is 39.2 Å². The van der Waals surface area contributed by atoms with Crippen molar-refractivity contribution in [1.82, 2.24) is 16.0 Å². The molecule has 11 nitrogen and oxygen atoms in total. The van der Waals surface area contributed by atoms with E-state index in [0.717, 1.165) is 0 Å². The Hall–Kier alpha value is -3.47. The van der Waals surface area contributed by atoms with Crippen molar-refractivity contribution in [2.45, 2.75) is 64.2 Å². The number of amides is 4. The van der Waals surface area contributed by atoms with Crippen molar-refractivity contribution in [2.75, 3.05) is 0 Å². The SMILES string of the molecule is CCC(C)C(NC(=O)C(C)N)C(=O)NC(CC(N)=O)C(=O)NC(Cc1ccccc1)C(=O)O. The van der Waals surface area contributed by atoms with E-state index in [1.54, 1.807) is 37.3 Å². The number of hydrogen-bond donors (Lipinski definition) is 6. The van der Waals surface area contributed by atoms with Crippen molar-refractivity contribution in [3.63, 3.8) is 0 Å². The summed E-state index contributed by atoms with van der Waals surface area (Å²) < 4.78 is 0. The zero-order chi connectivity index (χ0) is 25.1. The van der Waals surface area contributed by atoms with Crippen LogP contribution in [0.2, 0.25) is 0 Å². The number of benzene rings is 1. The molecule has 0 aliphatic heterocycles. The third kappa shape index (κ3) is 9.27. The Morgan fingerprint density at radius 3 is 1.97 bits per heavy atom. The van der Waals surface area contributed by atoms with Crippen LogP contribution in [0.3, 0.4) is 0 Å². The van der Waals surface area contributed by atoms with Crippen LogP contribution in [0.4, 0.5) is 0 Å². The second-order valence-electron chi connectivity index (χ2n) is 7.98. The van der Waals surface area contributed by atoms with Gasteiger partial charge in [0.25, 0.3) is 0 Å². The monoisotopic (exact) mass is 463 g/mol. The van der Waals surface area contributed by atoms with Gasteiger partial charge in [0.15, 0.2) is 0 Å². The second-order valence-corrected chi connectivity index (χ2v) is 7.98. The lowest BCUT2D eigenvalue weighted by molar-refractivity contribution is -0.142. The maximum atomic E-state index is 12.9. The van der Waals surface area contributed by atoms with E-state index in [2.05, 4.69) is 16.0 Å². The molecule has 0 spiro atoms. The van der Waals surface area contributed by atoms with Gasteiger partial charge >= 0.3 is 5.97 Å². The van der Waals surface area contributed by atoms with Crippen LogP contribution in [0, 0.1) is 5.92 Å². The normalized spacial score (nSPS) is 15.3. The van der Waals surface area contributed by atoms with E-state index in [1.165, 1.54) is 6.92 Å². The lowest BCUT2D eigenvalue weighted by Gasteiger charge is -2.27. The van der Waals surface area contributed by atoms with Gasteiger partial charge in [0.2, 0.25) is 23.6 Å². The highest BCUT2D eigenvalue weighted by Crippen LogP contribution is 2.10. The maximum Gasteiger partial charge on any atom is 0.326 e. The molecular formula is C22H33N5O6. The van der Waals surface area contributed by atoms with Gasteiger partial charge in [0, 0.05) is 6.42 Å². The Kier molecular flexibility index (Phi) is 11.0. The number of carbonyl (C=O) groups excluding carboxylic acids is 4. The van der Waals surface area contributed by atoms with Gasteiger partial charge in [0.05, 0.1) is 12.5 Å². The number of aliphatic carboxylic acids is 1. The molecule has 0 radical (unpaired) electrons. The zero-order valence-electron chi connectivity index (χ0n) is 19.0. The molecule has 1 aromatic rings. The molecule has 8 N–H and O–H groups in total. The predicted molar refractivity (Wildman–Crippen MR) is 120 cm³/mol. The third-order valence-corrected chi connectivity index (χ3v) is 5.14. The van der Waals surface area contributed by atoms with Gasteiger partial charge in [-0.1, -0.05) is 50.6 Å². The number of nitrogens with two attached hydrogens (primary N) is 2. The van der Waals surface area contributed by atoms with Crippen LogP contribution >= 0.6 is 0 Å². The first-order valence-electron chi connectivity index (χ1n) is 10.7. The summed E-state index contributed by atoms with van der Waals surface area (Å²) in [6.07, 6.45) is -0.0228. The van der Waals surface area contributed by atoms with Gasteiger partial charge in [-0.25, -0.2) is 4.79 Å². The van der Waals surface area contributed by atoms with E-state index in [0.29, 0.717) is 12.0 Å². The second kappa shape index (κ2) is 13.2. The number of carboxylic acids is 1. The molecule has 33 heavy (non-hydrogen) atoms. The molecule has 5 atom stereocenters.